The molecule has 4 aromatic rings. The number of amides is 1. The Morgan fingerprint density at radius 2 is 2.00 bits per heavy atom. The minimum atomic E-state index is -0.0882. The zero-order chi connectivity index (χ0) is 17.4. The number of benzene rings is 1. The van der Waals surface area contributed by atoms with E-state index < -0.39 is 0 Å². The molecular formula is C19H18N4OS. The predicted octanol–water partition coefficient (Wildman–Crippen LogP) is 3.94. The summed E-state index contributed by atoms with van der Waals surface area (Å²) in [6, 6.07) is 16.0. The SMILES string of the molecule is CCn1c(C(=O)NC)cc2c(-c3cccs3)nn(-c3ccccc3)c21. The molecule has 0 unspecified atom stereocenters. The summed E-state index contributed by atoms with van der Waals surface area (Å²) in [6.45, 7) is 2.73. The van der Waals surface area contributed by atoms with Crippen molar-refractivity contribution < 1.29 is 4.79 Å². The van der Waals surface area contributed by atoms with Crippen LogP contribution >= 0.6 is 11.3 Å². The van der Waals surface area contributed by atoms with Crippen LogP contribution in [-0.2, 0) is 6.54 Å². The summed E-state index contributed by atoms with van der Waals surface area (Å²) in [4.78, 5) is 13.4. The molecule has 6 heteroatoms. The number of hydrogen-bond donors (Lipinski definition) is 1. The lowest BCUT2D eigenvalue weighted by atomic mass is 10.2. The van der Waals surface area contributed by atoms with Gasteiger partial charge in [-0.25, -0.2) is 4.68 Å². The largest absolute Gasteiger partial charge is 0.354 e. The van der Waals surface area contributed by atoms with Crippen molar-refractivity contribution in [3.63, 3.8) is 0 Å². The third-order valence-corrected chi connectivity index (χ3v) is 5.13. The van der Waals surface area contributed by atoms with E-state index in [9.17, 15) is 4.79 Å². The lowest BCUT2D eigenvalue weighted by Gasteiger charge is -2.09. The Balaban J connectivity index is 2.08. The van der Waals surface area contributed by atoms with Crippen LogP contribution in [0, 0.1) is 0 Å². The van der Waals surface area contributed by atoms with Gasteiger partial charge in [-0.3, -0.25) is 4.79 Å². The quantitative estimate of drug-likeness (QED) is 0.606. The Hall–Kier alpha value is -2.86. The van der Waals surface area contributed by atoms with Crippen molar-refractivity contribution in [3.8, 4) is 16.3 Å². The molecule has 126 valence electrons. The molecule has 1 amide bonds. The smallest absolute Gasteiger partial charge is 0.267 e. The minimum Gasteiger partial charge on any atom is -0.354 e. The second kappa shape index (κ2) is 6.22. The molecule has 0 bridgehead atoms. The molecule has 4 rings (SSSR count). The second-order valence-electron chi connectivity index (χ2n) is 5.66. The van der Waals surface area contributed by atoms with Crippen molar-refractivity contribution >= 4 is 28.3 Å². The van der Waals surface area contributed by atoms with Crippen LogP contribution in [0.4, 0.5) is 0 Å². The third-order valence-electron chi connectivity index (χ3n) is 4.26. The molecular weight excluding hydrogens is 332 g/mol. The standard InChI is InChI=1S/C19H18N4OS/c1-3-22-15(18(24)20-2)12-14-17(16-10-7-11-25-16)21-23(19(14)22)13-8-5-4-6-9-13/h4-12H,3H2,1-2H3,(H,20,24). The molecule has 5 nitrogen and oxygen atoms in total. The molecule has 1 aromatic carbocycles. The highest BCUT2D eigenvalue weighted by Gasteiger charge is 2.23. The van der Waals surface area contributed by atoms with Gasteiger partial charge in [0.2, 0.25) is 0 Å². The van der Waals surface area contributed by atoms with E-state index in [0.717, 1.165) is 27.3 Å². The lowest BCUT2D eigenvalue weighted by molar-refractivity contribution is 0.0954. The van der Waals surface area contributed by atoms with Gasteiger partial charge in [0.1, 0.15) is 17.0 Å². The third kappa shape index (κ3) is 2.46. The topological polar surface area (TPSA) is 51.9 Å². The number of fused-ring (bicyclic) bond motifs is 1. The van der Waals surface area contributed by atoms with Gasteiger partial charge in [0.15, 0.2) is 0 Å². The maximum atomic E-state index is 12.3. The first kappa shape index (κ1) is 15.7. The molecule has 1 N–H and O–H groups in total. The average molecular weight is 350 g/mol. The monoisotopic (exact) mass is 350 g/mol. The normalized spacial score (nSPS) is 11.1. The first-order chi connectivity index (χ1) is 12.2. The van der Waals surface area contributed by atoms with E-state index in [2.05, 4.69) is 11.4 Å². The Morgan fingerprint density at radius 1 is 1.20 bits per heavy atom. The van der Waals surface area contributed by atoms with Gasteiger partial charge >= 0.3 is 0 Å². The first-order valence-electron chi connectivity index (χ1n) is 8.18. The maximum absolute atomic E-state index is 12.3. The van der Waals surface area contributed by atoms with Gasteiger partial charge in [-0.1, -0.05) is 24.3 Å². The van der Waals surface area contributed by atoms with Gasteiger partial charge in [-0.2, -0.15) is 5.10 Å². The van der Waals surface area contributed by atoms with Crippen molar-refractivity contribution in [2.75, 3.05) is 7.05 Å². The molecule has 0 fully saturated rings. The van der Waals surface area contributed by atoms with Gasteiger partial charge in [0.25, 0.3) is 5.91 Å². The van der Waals surface area contributed by atoms with Gasteiger partial charge in [0.05, 0.1) is 10.6 Å². The fourth-order valence-electron chi connectivity index (χ4n) is 3.12. The highest BCUT2D eigenvalue weighted by atomic mass is 32.1. The molecule has 25 heavy (non-hydrogen) atoms. The number of carbonyl (C=O) groups excluding carboxylic acids is 1. The number of nitrogens with zero attached hydrogens (tertiary/aromatic N) is 3. The average Bonchev–Trinajstić information content (AvgIpc) is 3.36. The zero-order valence-electron chi connectivity index (χ0n) is 14.1. The number of rotatable bonds is 4. The summed E-state index contributed by atoms with van der Waals surface area (Å²) in [7, 11) is 1.66. The number of aryl methyl sites for hydroxylation is 1. The number of carbonyl (C=O) groups is 1. The Kier molecular flexibility index (Phi) is 3.89. The number of aromatic nitrogens is 3. The molecule has 3 aromatic heterocycles. The summed E-state index contributed by atoms with van der Waals surface area (Å²) < 4.78 is 3.95. The Labute approximate surface area is 149 Å². The van der Waals surface area contributed by atoms with Crippen molar-refractivity contribution in [2.45, 2.75) is 13.5 Å². The van der Waals surface area contributed by atoms with Crippen molar-refractivity contribution in [2.24, 2.45) is 0 Å². The summed E-state index contributed by atoms with van der Waals surface area (Å²) in [5, 5.41) is 10.6. The van der Waals surface area contributed by atoms with E-state index in [-0.39, 0.29) is 5.91 Å². The zero-order valence-corrected chi connectivity index (χ0v) is 14.9. The molecule has 0 radical (unpaired) electrons. The highest BCUT2D eigenvalue weighted by molar-refractivity contribution is 7.13. The van der Waals surface area contributed by atoms with Crippen LogP contribution in [0.25, 0.3) is 27.3 Å². The molecule has 0 spiro atoms. The molecule has 3 heterocycles. The van der Waals surface area contributed by atoms with Crippen LogP contribution < -0.4 is 5.32 Å². The van der Waals surface area contributed by atoms with Gasteiger partial charge in [-0.15, -0.1) is 11.3 Å². The number of thiophene rings is 1. The molecule has 0 aliphatic heterocycles. The van der Waals surface area contributed by atoms with E-state index in [4.69, 9.17) is 5.10 Å². The van der Waals surface area contributed by atoms with Crippen molar-refractivity contribution in [1.29, 1.82) is 0 Å². The maximum Gasteiger partial charge on any atom is 0.267 e. The van der Waals surface area contributed by atoms with Crippen molar-refractivity contribution in [3.05, 3.63) is 59.6 Å². The van der Waals surface area contributed by atoms with Gasteiger partial charge < -0.3 is 9.88 Å². The van der Waals surface area contributed by atoms with Crippen LogP contribution in [-0.4, -0.2) is 27.3 Å². The van der Waals surface area contributed by atoms with Crippen LogP contribution in [0.2, 0.25) is 0 Å². The summed E-state index contributed by atoms with van der Waals surface area (Å²) in [5.74, 6) is -0.0882. The molecule has 0 saturated heterocycles. The van der Waals surface area contributed by atoms with Crippen LogP contribution in [0.1, 0.15) is 17.4 Å². The Bertz CT molecular complexity index is 1030. The predicted molar refractivity (Wildman–Crippen MR) is 101 cm³/mol. The van der Waals surface area contributed by atoms with E-state index in [0.29, 0.717) is 12.2 Å². The molecule has 0 saturated carbocycles. The fraction of sp³-hybridized carbons (Fsp3) is 0.158. The van der Waals surface area contributed by atoms with Crippen molar-refractivity contribution in [1.82, 2.24) is 19.7 Å². The van der Waals surface area contributed by atoms with E-state index >= 15 is 0 Å². The lowest BCUT2D eigenvalue weighted by Crippen LogP contribution is -2.22. The van der Waals surface area contributed by atoms with Gasteiger partial charge in [-0.05, 0) is 36.6 Å². The van der Waals surface area contributed by atoms with E-state index in [1.807, 2.05) is 64.0 Å². The fourth-order valence-corrected chi connectivity index (χ4v) is 3.85. The van der Waals surface area contributed by atoms with Crippen LogP contribution in [0.5, 0.6) is 0 Å². The second-order valence-corrected chi connectivity index (χ2v) is 6.61. The number of nitrogens with one attached hydrogen (secondary N) is 1. The van der Waals surface area contributed by atoms with Gasteiger partial charge in [0, 0.05) is 19.0 Å². The summed E-state index contributed by atoms with van der Waals surface area (Å²) >= 11 is 1.65. The summed E-state index contributed by atoms with van der Waals surface area (Å²) in [6.07, 6.45) is 0. The Morgan fingerprint density at radius 3 is 2.64 bits per heavy atom. The molecule has 0 atom stereocenters. The molecule has 0 aliphatic carbocycles. The molecule has 0 aliphatic rings. The highest BCUT2D eigenvalue weighted by Crippen LogP contribution is 2.34. The van der Waals surface area contributed by atoms with E-state index in [1.165, 1.54) is 0 Å². The first-order valence-corrected chi connectivity index (χ1v) is 9.06. The van der Waals surface area contributed by atoms with Crippen LogP contribution in [0.15, 0.2) is 53.9 Å². The van der Waals surface area contributed by atoms with E-state index in [1.54, 1.807) is 18.4 Å². The summed E-state index contributed by atoms with van der Waals surface area (Å²) in [5.41, 5.74) is 3.48. The minimum absolute atomic E-state index is 0.0882. The van der Waals surface area contributed by atoms with Crippen LogP contribution in [0.3, 0.4) is 0 Å². The number of hydrogen-bond acceptors (Lipinski definition) is 3. The number of para-hydroxylation sites is 1.